The third kappa shape index (κ3) is 5.48. The van der Waals surface area contributed by atoms with Crippen LogP contribution in [0.3, 0.4) is 0 Å². The van der Waals surface area contributed by atoms with Gasteiger partial charge in [-0.2, -0.15) is 0 Å². The summed E-state index contributed by atoms with van der Waals surface area (Å²) in [6.07, 6.45) is 0. The molecule has 0 fully saturated rings. The number of methoxy groups -OCH3 is 1. The quantitative estimate of drug-likeness (QED) is 0.558. The summed E-state index contributed by atoms with van der Waals surface area (Å²) in [7, 11) is -2.35. The predicted octanol–water partition coefficient (Wildman–Crippen LogP) is 4.13. The zero-order chi connectivity index (χ0) is 23.3. The highest BCUT2D eigenvalue weighted by Gasteiger charge is 2.28. The molecule has 0 aliphatic heterocycles. The van der Waals surface area contributed by atoms with Crippen molar-refractivity contribution in [1.29, 1.82) is 0 Å². The lowest BCUT2D eigenvalue weighted by Gasteiger charge is -2.26. The van der Waals surface area contributed by atoms with E-state index in [9.17, 15) is 13.2 Å². The summed E-state index contributed by atoms with van der Waals surface area (Å²) >= 11 is 0. The fourth-order valence-electron chi connectivity index (χ4n) is 3.26. The van der Waals surface area contributed by atoms with Gasteiger partial charge in [-0.1, -0.05) is 42.0 Å². The molecule has 1 amide bonds. The number of nitrogens with zero attached hydrogens (tertiary/aromatic N) is 1. The molecular weight excluding hydrogens is 424 g/mol. The molecule has 0 aromatic heterocycles. The summed E-state index contributed by atoms with van der Waals surface area (Å²) in [5.41, 5.74) is 4.02. The number of carbonyl (C=O) groups is 1. The second-order valence-corrected chi connectivity index (χ2v) is 9.60. The molecule has 168 valence electrons. The van der Waals surface area contributed by atoms with Crippen molar-refractivity contribution in [1.82, 2.24) is 5.32 Å². The highest BCUT2D eigenvalue weighted by atomic mass is 32.2. The molecule has 0 radical (unpaired) electrons. The second-order valence-electron chi connectivity index (χ2n) is 7.74. The van der Waals surface area contributed by atoms with E-state index in [0.717, 1.165) is 28.0 Å². The zero-order valence-electron chi connectivity index (χ0n) is 18.8. The molecule has 3 aromatic rings. The van der Waals surface area contributed by atoms with Crippen LogP contribution in [0.4, 0.5) is 5.69 Å². The first kappa shape index (κ1) is 23.3. The first-order valence-electron chi connectivity index (χ1n) is 10.3. The minimum atomic E-state index is -3.94. The predicted molar refractivity (Wildman–Crippen MR) is 126 cm³/mol. The first-order valence-corrected chi connectivity index (χ1v) is 11.7. The van der Waals surface area contributed by atoms with Crippen LogP contribution in [0.25, 0.3) is 0 Å². The maximum Gasteiger partial charge on any atom is 0.264 e. The molecule has 3 aromatic carbocycles. The molecule has 0 unspecified atom stereocenters. The summed E-state index contributed by atoms with van der Waals surface area (Å²) in [6, 6.07) is 19.5. The van der Waals surface area contributed by atoms with Gasteiger partial charge in [0, 0.05) is 6.54 Å². The molecule has 0 atom stereocenters. The van der Waals surface area contributed by atoms with Gasteiger partial charge < -0.3 is 10.1 Å². The van der Waals surface area contributed by atoms with Crippen LogP contribution in [0.1, 0.15) is 22.3 Å². The number of ether oxygens (including phenoxy) is 1. The highest BCUT2D eigenvalue weighted by Crippen LogP contribution is 2.28. The standard InChI is InChI=1S/C25H28N2O4S/c1-18-6-13-23(14-7-18)32(29,30)27(24-15-19(2)5-8-20(24)3)17-25(28)26-16-21-9-11-22(31-4)12-10-21/h5-15H,16-17H2,1-4H3,(H,26,28). The van der Waals surface area contributed by atoms with Crippen molar-refractivity contribution in [3.8, 4) is 5.75 Å². The van der Waals surface area contributed by atoms with E-state index < -0.39 is 15.9 Å². The van der Waals surface area contributed by atoms with Crippen molar-refractivity contribution in [3.05, 3.63) is 89.0 Å². The Morgan fingerprint density at radius 2 is 1.53 bits per heavy atom. The normalized spacial score (nSPS) is 11.1. The Kier molecular flexibility index (Phi) is 7.20. The van der Waals surface area contributed by atoms with E-state index in [1.54, 1.807) is 37.4 Å². The molecule has 0 aliphatic carbocycles. The second kappa shape index (κ2) is 9.87. The number of benzene rings is 3. The summed E-state index contributed by atoms with van der Waals surface area (Å²) in [6.45, 7) is 5.58. The maximum atomic E-state index is 13.5. The molecular formula is C25H28N2O4S. The number of hydrogen-bond acceptors (Lipinski definition) is 4. The number of nitrogens with one attached hydrogen (secondary N) is 1. The van der Waals surface area contributed by atoms with Crippen LogP contribution in [0.5, 0.6) is 5.75 Å². The molecule has 0 spiro atoms. The number of anilines is 1. The van der Waals surface area contributed by atoms with Crippen LogP contribution in [0.2, 0.25) is 0 Å². The Labute approximate surface area is 189 Å². The van der Waals surface area contributed by atoms with E-state index in [0.29, 0.717) is 5.69 Å². The van der Waals surface area contributed by atoms with Crippen LogP contribution in [-0.2, 0) is 21.4 Å². The van der Waals surface area contributed by atoms with Crippen molar-refractivity contribution in [2.75, 3.05) is 18.0 Å². The lowest BCUT2D eigenvalue weighted by molar-refractivity contribution is -0.119. The summed E-state index contributed by atoms with van der Waals surface area (Å²) in [5.74, 6) is 0.336. The average Bonchev–Trinajstić information content (AvgIpc) is 2.78. The van der Waals surface area contributed by atoms with Gasteiger partial charge in [0.05, 0.1) is 17.7 Å². The molecule has 1 N–H and O–H groups in total. The van der Waals surface area contributed by atoms with Gasteiger partial charge in [-0.05, 0) is 67.8 Å². The Balaban J connectivity index is 1.87. The largest absolute Gasteiger partial charge is 0.497 e. The molecule has 6 nitrogen and oxygen atoms in total. The van der Waals surface area contributed by atoms with Crippen molar-refractivity contribution >= 4 is 21.6 Å². The van der Waals surface area contributed by atoms with E-state index in [4.69, 9.17) is 4.74 Å². The minimum absolute atomic E-state index is 0.145. The monoisotopic (exact) mass is 452 g/mol. The van der Waals surface area contributed by atoms with Crippen molar-refractivity contribution in [2.45, 2.75) is 32.2 Å². The number of aryl methyl sites for hydroxylation is 3. The smallest absolute Gasteiger partial charge is 0.264 e. The Bertz CT molecular complexity index is 1190. The summed E-state index contributed by atoms with van der Waals surface area (Å²) in [5, 5.41) is 2.82. The fraction of sp³-hybridized carbons (Fsp3) is 0.240. The third-order valence-corrected chi connectivity index (χ3v) is 6.95. The van der Waals surface area contributed by atoms with Crippen molar-refractivity contribution in [3.63, 3.8) is 0 Å². The SMILES string of the molecule is COc1ccc(CNC(=O)CN(c2cc(C)ccc2C)S(=O)(=O)c2ccc(C)cc2)cc1. The Morgan fingerprint density at radius 3 is 2.16 bits per heavy atom. The van der Waals surface area contributed by atoms with E-state index >= 15 is 0 Å². The lowest BCUT2D eigenvalue weighted by Crippen LogP contribution is -2.41. The number of hydrogen-bond donors (Lipinski definition) is 1. The molecule has 0 aliphatic rings. The van der Waals surface area contributed by atoms with Crippen molar-refractivity contribution < 1.29 is 17.9 Å². The van der Waals surface area contributed by atoms with Crippen LogP contribution < -0.4 is 14.4 Å². The number of sulfonamides is 1. The van der Waals surface area contributed by atoms with E-state index in [1.807, 2.05) is 57.2 Å². The molecule has 0 saturated heterocycles. The molecule has 0 saturated carbocycles. The molecule has 3 rings (SSSR count). The van der Waals surface area contributed by atoms with Gasteiger partial charge in [0.15, 0.2) is 0 Å². The Morgan fingerprint density at radius 1 is 0.906 bits per heavy atom. The topological polar surface area (TPSA) is 75.7 Å². The number of amides is 1. The highest BCUT2D eigenvalue weighted by molar-refractivity contribution is 7.92. The van der Waals surface area contributed by atoms with Gasteiger partial charge in [0.1, 0.15) is 12.3 Å². The van der Waals surface area contributed by atoms with Gasteiger partial charge in [-0.3, -0.25) is 9.10 Å². The van der Waals surface area contributed by atoms with Crippen LogP contribution in [0, 0.1) is 20.8 Å². The third-order valence-electron chi connectivity index (χ3n) is 5.18. The maximum absolute atomic E-state index is 13.5. The van der Waals surface area contributed by atoms with Gasteiger partial charge in [-0.25, -0.2) is 8.42 Å². The fourth-order valence-corrected chi connectivity index (χ4v) is 4.73. The summed E-state index contributed by atoms with van der Waals surface area (Å²) in [4.78, 5) is 13.0. The first-order chi connectivity index (χ1) is 15.2. The average molecular weight is 453 g/mol. The van der Waals surface area contributed by atoms with Crippen molar-refractivity contribution in [2.24, 2.45) is 0 Å². The van der Waals surface area contributed by atoms with E-state index in [-0.39, 0.29) is 18.0 Å². The number of rotatable bonds is 8. The van der Waals surface area contributed by atoms with Crippen LogP contribution in [-0.4, -0.2) is 28.0 Å². The zero-order valence-corrected chi connectivity index (χ0v) is 19.6. The molecule has 0 heterocycles. The molecule has 0 bridgehead atoms. The van der Waals surface area contributed by atoms with Gasteiger partial charge in [0.2, 0.25) is 5.91 Å². The summed E-state index contributed by atoms with van der Waals surface area (Å²) < 4.78 is 33.4. The minimum Gasteiger partial charge on any atom is -0.497 e. The molecule has 32 heavy (non-hydrogen) atoms. The van der Waals surface area contributed by atoms with E-state index in [2.05, 4.69) is 5.32 Å². The van der Waals surface area contributed by atoms with Crippen LogP contribution >= 0.6 is 0 Å². The number of carbonyl (C=O) groups excluding carboxylic acids is 1. The lowest BCUT2D eigenvalue weighted by atomic mass is 10.1. The Hall–Kier alpha value is -3.32. The van der Waals surface area contributed by atoms with Gasteiger partial charge in [0.25, 0.3) is 10.0 Å². The van der Waals surface area contributed by atoms with Gasteiger partial charge in [-0.15, -0.1) is 0 Å². The van der Waals surface area contributed by atoms with Gasteiger partial charge >= 0.3 is 0 Å². The van der Waals surface area contributed by atoms with Crippen LogP contribution in [0.15, 0.2) is 71.6 Å². The van der Waals surface area contributed by atoms with E-state index in [1.165, 1.54) is 4.31 Å². The molecule has 7 heteroatoms.